The Morgan fingerprint density at radius 1 is 0.931 bits per heavy atom. The highest BCUT2D eigenvalue weighted by Crippen LogP contribution is 2.27. The number of carbonyl (C=O) groups is 2. The van der Waals surface area contributed by atoms with Crippen molar-refractivity contribution in [1.29, 1.82) is 0 Å². The second-order valence-corrected chi connectivity index (χ2v) is 7.83. The number of aromatic nitrogens is 2. The van der Waals surface area contributed by atoms with E-state index in [0.29, 0.717) is 0 Å². The van der Waals surface area contributed by atoms with Crippen LogP contribution in [0.1, 0.15) is 40.6 Å². The molecule has 0 N–H and O–H groups in total. The maximum absolute atomic E-state index is 13.1. The quantitative estimate of drug-likeness (QED) is 0.595. The van der Waals surface area contributed by atoms with Crippen molar-refractivity contribution in [3.05, 3.63) is 78.4 Å². The van der Waals surface area contributed by atoms with E-state index < -0.39 is 29.1 Å². The van der Waals surface area contributed by atoms with Crippen LogP contribution in [0.4, 0.5) is 0 Å². The summed E-state index contributed by atoms with van der Waals surface area (Å²) in [7, 11) is 0. The minimum absolute atomic E-state index is 0.0780. The van der Waals surface area contributed by atoms with E-state index in [2.05, 4.69) is 0 Å². The number of benzene rings is 2. The molecule has 0 spiro atoms. The Kier molecular flexibility index (Phi) is 4.59. The molecule has 1 aromatic heterocycles. The zero-order chi connectivity index (χ0) is 21.0. The van der Waals surface area contributed by atoms with Crippen molar-refractivity contribution in [3.8, 4) is 0 Å². The Hall–Kier alpha value is -2.90. The monoisotopic (exact) mass is 431 g/mol. The van der Waals surface area contributed by atoms with Crippen LogP contribution in [0.15, 0.2) is 46.0 Å². The van der Waals surface area contributed by atoms with Gasteiger partial charge in [0.1, 0.15) is 6.67 Å². The summed E-state index contributed by atoms with van der Waals surface area (Å²) in [5.41, 5.74) is -0.553. The largest absolute Gasteiger partial charge is 0.333 e. The first-order valence-corrected chi connectivity index (χ1v) is 9.57. The molecule has 0 bridgehead atoms. The van der Waals surface area contributed by atoms with Crippen LogP contribution < -0.4 is 11.2 Å². The summed E-state index contributed by atoms with van der Waals surface area (Å²) in [6.45, 7) is 3.00. The number of halogens is 2. The highest BCUT2D eigenvalue weighted by molar-refractivity contribution is 6.38. The van der Waals surface area contributed by atoms with Crippen molar-refractivity contribution in [3.63, 3.8) is 0 Å². The first-order chi connectivity index (χ1) is 13.7. The normalized spacial score (nSPS) is 13.6. The maximum Gasteiger partial charge on any atom is 0.333 e. The third-order valence-corrected chi connectivity index (χ3v) is 5.37. The lowest BCUT2D eigenvalue weighted by Crippen LogP contribution is -2.45. The Bertz CT molecular complexity index is 1290. The number of hydrogen-bond acceptors (Lipinski definition) is 4. The van der Waals surface area contributed by atoms with Crippen molar-refractivity contribution in [2.24, 2.45) is 0 Å². The van der Waals surface area contributed by atoms with Crippen molar-refractivity contribution in [1.82, 2.24) is 14.0 Å². The lowest BCUT2D eigenvalue weighted by Gasteiger charge is -2.21. The van der Waals surface area contributed by atoms with Crippen molar-refractivity contribution >= 4 is 45.9 Å². The van der Waals surface area contributed by atoms with Gasteiger partial charge < -0.3 is 0 Å². The van der Waals surface area contributed by atoms with Gasteiger partial charge in [-0.1, -0.05) is 35.3 Å². The number of rotatable bonds is 3. The topological polar surface area (TPSA) is 81.4 Å². The molecule has 0 fully saturated rings. The number of fused-ring (bicyclic) bond motifs is 2. The Morgan fingerprint density at radius 3 is 2.07 bits per heavy atom. The summed E-state index contributed by atoms with van der Waals surface area (Å²) in [4.78, 5) is 52.5. The average Bonchev–Trinajstić information content (AvgIpc) is 2.90. The molecule has 3 aromatic rings. The maximum atomic E-state index is 13.1. The SMILES string of the molecule is CC(C)n1c(=O)c2cc(Cl)cc(Cl)c2n(CN2C(=O)c3ccccc3C2=O)c1=O. The van der Waals surface area contributed by atoms with E-state index in [4.69, 9.17) is 23.2 Å². The second-order valence-electron chi connectivity index (χ2n) is 6.99. The lowest BCUT2D eigenvalue weighted by atomic mass is 10.1. The van der Waals surface area contributed by atoms with E-state index in [1.54, 1.807) is 38.1 Å². The van der Waals surface area contributed by atoms with Gasteiger partial charge in [0.05, 0.1) is 27.1 Å². The summed E-state index contributed by atoms with van der Waals surface area (Å²) in [6.07, 6.45) is 0. The summed E-state index contributed by atoms with van der Waals surface area (Å²) < 4.78 is 2.21. The average molecular weight is 432 g/mol. The summed E-state index contributed by atoms with van der Waals surface area (Å²) >= 11 is 12.4. The van der Waals surface area contributed by atoms with Gasteiger partial charge in [0.2, 0.25) is 0 Å². The third kappa shape index (κ3) is 2.89. The molecule has 148 valence electrons. The van der Waals surface area contributed by atoms with Crippen LogP contribution in [0.3, 0.4) is 0 Å². The van der Waals surface area contributed by atoms with Gasteiger partial charge in [-0.2, -0.15) is 0 Å². The minimum Gasteiger partial charge on any atom is -0.273 e. The standard InChI is InChI=1S/C20H15Cl2N3O4/c1-10(2)25-19(28)14-7-11(21)8-15(22)16(14)23(20(25)29)9-24-17(26)12-5-3-4-6-13(12)18(24)27/h3-8,10H,9H2,1-2H3. The number of amides is 2. The van der Waals surface area contributed by atoms with Crippen LogP contribution in [0.2, 0.25) is 10.0 Å². The molecule has 0 saturated carbocycles. The Balaban J connectivity index is 1.98. The molecule has 4 rings (SSSR count). The predicted molar refractivity (Wildman–Crippen MR) is 110 cm³/mol. The van der Waals surface area contributed by atoms with E-state index in [-0.39, 0.29) is 38.7 Å². The fourth-order valence-corrected chi connectivity index (χ4v) is 4.14. The third-order valence-electron chi connectivity index (χ3n) is 4.86. The van der Waals surface area contributed by atoms with Gasteiger partial charge in [-0.15, -0.1) is 0 Å². The van der Waals surface area contributed by atoms with Crippen molar-refractivity contribution in [2.75, 3.05) is 0 Å². The molecular formula is C20H15Cl2N3O4. The fourth-order valence-electron chi connectivity index (χ4n) is 3.54. The molecule has 0 atom stereocenters. The van der Waals surface area contributed by atoms with Gasteiger partial charge in [-0.05, 0) is 38.1 Å². The van der Waals surface area contributed by atoms with E-state index in [1.807, 2.05) is 0 Å². The molecule has 2 amide bonds. The van der Waals surface area contributed by atoms with Gasteiger partial charge in [0, 0.05) is 11.1 Å². The molecule has 1 aliphatic rings. The summed E-state index contributed by atoms with van der Waals surface area (Å²) in [5.74, 6) is -1.03. The molecule has 0 unspecified atom stereocenters. The zero-order valence-corrected chi connectivity index (χ0v) is 17.0. The molecule has 2 heterocycles. The van der Waals surface area contributed by atoms with Crippen LogP contribution in [0.5, 0.6) is 0 Å². The Labute approximate surface area is 174 Å². The predicted octanol–water partition coefficient (Wildman–Crippen LogP) is 3.30. The van der Waals surface area contributed by atoms with E-state index >= 15 is 0 Å². The van der Waals surface area contributed by atoms with Gasteiger partial charge in [-0.3, -0.25) is 28.4 Å². The van der Waals surface area contributed by atoms with E-state index in [0.717, 1.165) is 14.0 Å². The zero-order valence-electron chi connectivity index (χ0n) is 15.5. The van der Waals surface area contributed by atoms with Gasteiger partial charge in [0.25, 0.3) is 17.4 Å². The fraction of sp³-hybridized carbons (Fsp3) is 0.200. The van der Waals surface area contributed by atoms with Crippen molar-refractivity contribution in [2.45, 2.75) is 26.6 Å². The molecule has 2 aromatic carbocycles. The Morgan fingerprint density at radius 2 is 1.52 bits per heavy atom. The highest BCUT2D eigenvalue weighted by atomic mass is 35.5. The van der Waals surface area contributed by atoms with Crippen LogP contribution in [-0.2, 0) is 6.67 Å². The van der Waals surface area contributed by atoms with Gasteiger partial charge >= 0.3 is 5.69 Å². The first kappa shape index (κ1) is 19.4. The second kappa shape index (κ2) is 6.86. The minimum atomic E-state index is -0.668. The van der Waals surface area contributed by atoms with Crippen LogP contribution >= 0.6 is 23.2 Å². The summed E-state index contributed by atoms with van der Waals surface area (Å²) in [5, 5.41) is 0.447. The first-order valence-electron chi connectivity index (χ1n) is 8.81. The van der Waals surface area contributed by atoms with E-state index in [1.165, 1.54) is 12.1 Å². The molecule has 29 heavy (non-hydrogen) atoms. The number of nitrogens with zero attached hydrogens (tertiary/aromatic N) is 3. The highest BCUT2D eigenvalue weighted by Gasteiger charge is 2.36. The molecule has 7 nitrogen and oxygen atoms in total. The van der Waals surface area contributed by atoms with Crippen LogP contribution in [0.25, 0.3) is 10.9 Å². The van der Waals surface area contributed by atoms with Crippen LogP contribution in [0, 0.1) is 0 Å². The van der Waals surface area contributed by atoms with Crippen LogP contribution in [-0.4, -0.2) is 25.8 Å². The molecular weight excluding hydrogens is 417 g/mol. The number of carbonyl (C=O) groups excluding carboxylic acids is 2. The molecule has 1 aliphatic heterocycles. The molecule has 0 radical (unpaired) electrons. The number of hydrogen-bond donors (Lipinski definition) is 0. The van der Waals surface area contributed by atoms with E-state index in [9.17, 15) is 19.2 Å². The number of imide groups is 1. The summed E-state index contributed by atoms with van der Waals surface area (Å²) in [6, 6.07) is 8.80. The smallest absolute Gasteiger partial charge is 0.273 e. The molecule has 0 saturated heterocycles. The lowest BCUT2D eigenvalue weighted by molar-refractivity contribution is 0.0605. The van der Waals surface area contributed by atoms with Gasteiger partial charge in [0.15, 0.2) is 0 Å². The van der Waals surface area contributed by atoms with Gasteiger partial charge in [-0.25, -0.2) is 4.79 Å². The van der Waals surface area contributed by atoms with Crippen molar-refractivity contribution < 1.29 is 9.59 Å². The molecule has 0 aliphatic carbocycles. The molecule has 9 heteroatoms.